The Labute approximate surface area is 171 Å². The molecule has 0 aliphatic heterocycles. The molecule has 1 amide bonds. The van der Waals surface area contributed by atoms with Crippen LogP contribution in [-0.4, -0.2) is 35.6 Å². The zero-order valence-electron chi connectivity index (χ0n) is 15.9. The van der Waals surface area contributed by atoms with Gasteiger partial charge in [-0.3, -0.25) is 4.79 Å². The van der Waals surface area contributed by atoms with Crippen molar-refractivity contribution in [1.29, 1.82) is 0 Å². The summed E-state index contributed by atoms with van der Waals surface area (Å²) in [6, 6.07) is 19.3. The van der Waals surface area contributed by atoms with Crippen LogP contribution >= 0.6 is 0 Å². The fraction of sp³-hybridized carbons (Fsp3) is 0.0455. The second-order valence-electron chi connectivity index (χ2n) is 6.73. The molecule has 2 N–H and O–H groups in total. The normalized spacial score (nSPS) is 10.9. The lowest BCUT2D eigenvalue weighted by molar-refractivity contribution is 0.0950. The van der Waals surface area contributed by atoms with E-state index in [-0.39, 0.29) is 5.91 Å². The Balaban J connectivity index is 1.23. The number of nitrogens with zero attached hydrogens (tertiary/aromatic N) is 5. The first-order valence-corrected chi connectivity index (χ1v) is 9.39. The maximum absolute atomic E-state index is 12.4. The van der Waals surface area contributed by atoms with Gasteiger partial charge in [-0.1, -0.05) is 36.4 Å². The van der Waals surface area contributed by atoms with E-state index >= 15 is 0 Å². The molecule has 8 nitrogen and oxygen atoms in total. The SMILES string of the molecule is O=C(NCc1ccc(-c2nc3ccccc3[nH]2)cc1)c1ccc(-n2cncn2)nc1. The maximum Gasteiger partial charge on any atom is 0.253 e. The highest BCUT2D eigenvalue weighted by molar-refractivity contribution is 5.93. The minimum Gasteiger partial charge on any atom is -0.348 e. The summed E-state index contributed by atoms with van der Waals surface area (Å²) in [6.07, 6.45) is 4.51. The molecule has 5 aromatic rings. The van der Waals surface area contributed by atoms with Gasteiger partial charge in [-0.15, -0.1) is 0 Å². The van der Waals surface area contributed by atoms with Crippen LogP contribution in [0.5, 0.6) is 0 Å². The molecular weight excluding hydrogens is 378 g/mol. The Morgan fingerprint density at radius 1 is 1.03 bits per heavy atom. The van der Waals surface area contributed by atoms with Gasteiger partial charge in [0.2, 0.25) is 0 Å². The van der Waals surface area contributed by atoms with Gasteiger partial charge in [0.05, 0.1) is 16.6 Å². The van der Waals surface area contributed by atoms with Crippen LogP contribution in [0.1, 0.15) is 15.9 Å². The van der Waals surface area contributed by atoms with Crippen LogP contribution in [0, 0.1) is 0 Å². The van der Waals surface area contributed by atoms with E-state index in [1.165, 1.54) is 17.2 Å². The van der Waals surface area contributed by atoms with Crippen LogP contribution in [0.3, 0.4) is 0 Å². The van der Waals surface area contributed by atoms with Crippen LogP contribution in [0.25, 0.3) is 28.2 Å². The van der Waals surface area contributed by atoms with Gasteiger partial charge in [0.1, 0.15) is 18.5 Å². The fourth-order valence-corrected chi connectivity index (χ4v) is 3.14. The predicted molar refractivity (Wildman–Crippen MR) is 112 cm³/mol. The number of aromatic amines is 1. The van der Waals surface area contributed by atoms with E-state index in [1.54, 1.807) is 18.5 Å². The van der Waals surface area contributed by atoms with E-state index in [0.29, 0.717) is 17.9 Å². The lowest BCUT2D eigenvalue weighted by Gasteiger charge is -2.07. The fourth-order valence-electron chi connectivity index (χ4n) is 3.14. The molecule has 3 aromatic heterocycles. The standard InChI is InChI=1S/C22H17N7O/c30-22(17-9-10-20(24-12-17)29-14-23-13-26-29)25-11-15-5-7-16(8-6-15)21-27-18-3-1-2-4-19(18)28-21/h1-10,12-14H,11H2,(H,25,30)(H,27,28). The predicted octanol–water partition coefficient (Wildman–Crippen LogP) is 3.14. The summed E-state index contributed by atoms with van der Waals surface area (Å²) < 4.78 is 1.53. The summed E-state index contributed by atoms with van der Waals surface area (Å²) in [5, 5.41) is 6.93. The van der Waals surface area contributed by atoms with Crippen LogP contribution in [0.2, 0.25) is 0 Å². The zero-order chi connectivity index (χ0) is 20.3. The van der Waals surface area contributed by atoms with Crippen molar-refractivity contribution >= 4 is 16.9 Å². The average molecular weight is 395 g/mol. The second-order valence-corrected chi connectivity index (χ2v) is 6.73. The quantitative estimate of drug-likeness (QED) is 0.476. The number of benzene rings is 2. The van der Waals surface area contributed by atoms with Gasteiger partial charge >= 0.3 is 0 Å². The monoisotopic (exact) mass is 395 g/mol. The minimum atomic E-state index is -0.186. The van der Waals surface area contributed by atoms with Gasteiger partial charge in [-0.2, -0.15) is 5.10 Å². The van der Waals surface area contributed by atoms with Gasteiger partial charge in [-0.25, -0.2) is 19.6 Å². The Morgan fingerprint density at radius 3 is 2.63 bits per heavy atom. The number of imidazole rings is 1. The molecular formula is C22H17N7O. The highest BCUT2D eigenvalue weighted by Crippen LogP contribution is 2.20. The van der Waals surface area contributed by atoms with Gasteiger partial charge in [0, 0.05) is 18.3 Å². The smallest absolute Gasteiger partial charge is 0.253 e. The van der Waals surface area contributed by atoms with Crippen molar-refractivity contribution in [3.8, 4) is 17.2 Å². The topological polar surface area (TPSA) is 101 Å². The Kier molecular flexibility index (Phi) is 4.49. The summed E-state index contributed by atoms with van der Waals surface area (Å²) in [5.41, 5.74) is 4.42. The Morgan fingerprint density at radius 2 is 1.90 bits per heavy atom. The third kappa shape index (κ3) is 3.53. The molecule has 0 atom stereocenters. The summed E-state index contributed by atoms with van der Waals surface area (Å²) in [4.78, 5) is 28.5. The van der Waals surface area contributed by atoms with Crippen LogP contribution in [0.4, 0.5) is 0 Å². The molecule has 0 aliphatic rings. The summed E-state index contributed by atoms with van der Waals surface area (Å²) >= 11 is 0. The second kappa shape index (κ2) is 7.59. The molecule has 0 spiro atoms. The van der Waals surface area contributed by atoms with Gasteiger partial charge in [-0.05, 0) is 29.8 Å². The summed E-state index contributed by atoms with van der Waals surface area (Å²) in [5.74, 6) is 1.24. The number of nitrogens with one attached hydrogen (secondary N) is 2. The molecule has 0 saturated carbocycles. The van der Waals surface area contributed by atoms with Gasteiger partial charge in [0.15, 0.2) is 5.82 Å². The largest absolute Gasteiger partial charge is 0.348 e. The highest BCUT2D eigenvalue weighted by Gasteiger charge is 2.08. The van der Waals surface area contributed by atoms with E-state index in [1.807, 2.05) is 48.5 Å². The van der Waals surface area contributed by atoms with Crippen molar-refractivity contribution in [3.05, 3.63) is 90.6 Å². The number of para-hydroxylation sites is 2. The minimum absolute atomic E-state index is 0.186. The number of fused-ring (bicyclic) bond motifs is 1. The van der Waals surface area contributed by atoms with Gasteiger partial charge in [0.25, 0.3) is 5.91 Å². The highest BCUT2D eigenvalue weighted by atomic mass is 16.1. The van der Waals surface area contributed by atoms with Crippen molar-refractivity contribution in [2.45, 2.75) is 6.54 Å². The number of aromatic nitrogens is 6. The Bertz CT molecular complexity index is 1260. The molecule has 146 valence electrons. The van der Waals surface area contributed by atoms with Crippen molar-refractivity contribution in [3.63, 3.8) is 0 Å². The van der Waals surface area contributed by atoms with Crippen molar-refractivity contribution in [2.75, 3.05) is 0 Å². The van der Waals surface area contributed by atoms with E-state index in [0.717, 1.165) is 28.0 Å². The van der Waals surface area contributed by atoms with E-state index in [4.69, 9.17) is 0 Å². The van der Waals surface area contributed by atoms with Crippen LogP contribution in [0.15, 0.2) is 79.5 Å². The number of carbonyl (C=O) groups excluding carboxylic acids is 1. The zero-order valence-corrected chi connectivity index (χ0v) is 15.9. The number of hydrogen-bond acceptors (Lipinski definition) is 5. The average Bonchev–Trinajstić information content (AvgIpc) is 3.48. The number of carbonyl (C=O) groups is 1. The number of rotatable bonds is 5. The first-order valence-electron chi connectivity index (χ1n) is 9.39. The number of H-pyrrole nitrogens is 1. The Hall–Kier alpha value is -4.33. The van der Waals surface area contributed by atoms with Crippen molar-refractivity contribution in [1.82, 2.24) is 35.0 Å². The van der Waals surface area contributed by atoms with Crippen LogP contribution < -0.4 is 5.32 Å². The van der Waals surface area contributed by atoms with Crippen molar-refractivity contribution in [2.24, 2.45) is 0 Å². The molecule has 30 heavy (non-hydrogen) atoms. The molecule has 0 saturated heterocycles. The van der Waals surface area contributed by atoms with E-state index in [9.17, 15) is 4.79 Å². The van der Waals surface area contributed by atoms with E-state index in [2.05, 4.69) is 30.4 Å². The lowest BCUT2D eigenvalue weighted by Crippen LogP contribution is -2.23. The number of hydrogen-bond donors (Lipinski definition) is 2. The molecule has 0 bridgehead atoms. The number of amides is 1. The molecule has 0 radical (unpaired) electrons. The molecule has 0 aliphatic carbocycles. The van der Waals surface area contributed by atoms with Crippen LogP contribution in [-0.2, 0) is 6.54 Å². The van der Waals surface area contributed by atoms with Gasteiger partial charge < -0.3 is 10.3 Å². The number of pyridine rings is 1. The maximum atomic E-state index is 12.4. The molecule has 0 fully saturated rings. The molecule has 2 aromatic carbocycles. The molecule has 8 heteroatoms. The first kappa shape index (κ1) is 17.7. The third-order valence-electron chi connectivity index (χ3n) is 4.73. The van der Waals surface area contributed by atoms with E-state index < -0.39 is 0 Å². The summed E-state index contributed by atoms with van der Waals surface area (Å²) in [7, 11) is 0. The molecule has 0 unspecified atom stereocenters. The molecule has 5 rings (SSSR count). The first-order chi connectivity index (χ1) is 14.8. The lowest BCUT2D eigenvalue weighted by atomic mass is 10.1. The van der Waals surface area contributed by atoms with Crippen molar-refractivity contribution < 1.29 is 4.79 Å². The summed E-state index contributed by atoms with van der Waals surface area (Å²) in [6.45, 7) is 0.421. The third-order valence-corrected chi connectivity index (χ3v) is 4.73. The molecule has 3 heterocycles.